The monoisotopic (exact) mass is 212 g/mol. The molecule has 0 aliphatic carbocycles. The molecule has 0 saturated carbocycles. The molecular weight excluding hydrogens is 200 g/mol. The quantitative estimate of drug-likeness (QED) is 0.753. The summed E-state index contributed by atoms with van der Waals surface area (Å²) in [5.41, 5.74) is 5.95. The van der Waals surface area contributed by atoms with Crippen molar-refractivity contribution in [2.45, 2.75) is 19.9 Å². The van der Waals surface area contributed by atoms with Crippen LogP contribution in [0.2, 0.25) is 5.02 Å². The van der Waals surface area contributed by atoms with E-state index in [0.717, 1.165) is 0 Å². The Morgan fingerprint density at radius 2 is 2.14 bits per heavy atom. The number of hydrazine groups is 1. The van der Waals surface area contributed by atoms with E-state index in [1.165, 1.54) is 0 Å². The highest BCUT2D eigenvalue weighted by Gasteiger charge is 2.04. The van der Waals surface area contributed by atoms with Crippen LogP contribution in [0.3, 0.4) is 0 Å². The maximum atomic E-state index is 11.5. The number of carbonyl (C=O) groups is 1. The molecule has 0 unspecified atom stereocenters. The number of hydrogen-bond donors (Lipinski definition) is 2. The number of nitrogens with one attached hydrogen (secondary N) is 2. The Balaban J connectivity index is 2.61. The van der Waals surface area contributed by atoms with Gasteiger partial charge in [-0.25, -0.2) is 5.43 Å². The fourth-order valence-corrected chi connectivity index (χ4v) is 1.10. The van der Waals surface area contributed by atoms with Crippen LogP contribution in [-0.2, 0) is 0 Å². The van der Waals surface area contributed by atoms with Crippen molar-refractivity contribution in [3.05, 3.63) is 34.9 Å². The van der Waals surface area contributed by atoms with Gasteiger partial charge < -0.3 is 0 Å². The predicted molar refractivity (Wildman–Crippen MR) is 57.2 cm³/mol. The van der Waals surface area contributed by atoms with Gasteiger partial charge in [0.2, 0.25) is 0 Å². The van der Waals surface area contributed by atoms with Crippen LogP contribution in [0.15, 0.2) is 24.3 Å². The Morgan fingerprint density at radius 3 is 2.71 bits per heavy atom. The van der Waals surface area contributed by atoms with Crippen LogP contribution in [0.5, 0.6) is 0 Å². The Labute approximate surface area is 88.4 Å². The van der Waals surface area contributed by atoms with Crippen LogP contribution >= 0.6 is 11.6 Å². The highest BCUT2D eigenvalue weighted by Crippen LogP contribution is 2.09. The van der Waals surface area contributed by atoms with E-state index in [1.54, 1.807) is 24.3 Å². The zero-order chi connectivity index (χ0) is 10.6. The van der Waals surface area contributed by atoms with Crippen molar-refractivity contribution in [1.29, 1.82) is 0 Å². The molecule has 0 aromatic heterocycles. The van der Waals surface area contributed by atoms with Crippen molar-refractivity contribution in [2.24, 2.45) is 0 Å². The number of rotatable bonds is 3. The second-order valence-corrected chi connectivity index (χ2v) is 3.70. The number of carbonyl (C=O) groups excluding carboxylic acids is 1. The number of benzene rings is 1. The van der Waals surface area contributed by atoms with Crippen LogP contribution < -0.4 is 10.9 Å². The van der Waals surface area contributed by atoms with Crippen molar-refractivity contribution in [1.82, 2.24) is 10.9 Å². The van der Waals surface area contributed by atoms with Crippen LogP contribution in [0, 0.1) is 0 Å². The van der Waals surface area contributed by atoms with Crippen LogP contribution in [-0.4, -0.2) is 11.9 Å². The van der Waals surface area contributed by atoms with E-state index in [4.69, 9.17) is 11.6 Å². The number of hydrogen-bond acceptors (Lipinski definition) is 2. The van der Waals surface area contributed by atoms with Gasteiger partial charge in [0.1, 0.15) is 0 Å². The van der Waals surface area contributed by atoms with E-state index in [1.807, 2.05) is 13.8 Å². The lowest BCUT2D eigenvalue weighted by Crippen LogP contribution is -2.41. The topological polar surface area (TPSA) is 41.1 Å². The summed E-state index contributed by atoms with van der Waals surface area (Å²) < 4.78 is 0. The third-order valence-corrected chi connectivity index (χ3v) is 1.80. The summed E-state index contributed by atoms with van der Waals surface area (Å²) in [6.07, 6.45) is 0. The van der Waals surface area contributed by atoms with Crippen LogP contribution in [0.25, 0.3) is 0 Å². The molecule has 1 amide bonds. The maximum Gasteiger partial charge on any atom is 0.265 e. The van der Waals surface area contributed by atoms with Gasteiger partial charge in [0.15, 0.2) is 0 Å². The SMILES string of the molecule is CC(C)NNC(=O)c1cccc(Cl)c1. The zero-order valence-corrected chi connectivity index (χ0v) is 8.93. The molecular formula is C10H13ClN2O. The smallest absolute Gasteiger partial charge is 0.265 e. The minimum atomic E-state index is -0.179. The third-order valence-electron chi connectivity index (χ3n) is 1.56. The van der Waals surface area contributed by atoms with Crippen molar-refractivity contribution in [3.8, 4) is 0 Å². The number of halogens is 1. The van der Waals surface area contributed by atoms with Gasteiger partial charge >= 0.3 is 0 Å². The average molecular weight is 213 g/mol. The molecule has 0 fully saturated rings. The zero-order valence-electron chi connectivity index (χ0n) is 8.17. The molecule has 0 heterocycles. The van der Waals surface area contributed by atoms with Gasteiger partial charge in [-0.1, -0.05) is 17.7 Å². The van der Waals surface area contributed by atoms with E-state index < -0.39 is 0 Å². The molecule has 0 radical (unpaired) electrons. The summed E-state index contributed by atoms with van der Waals surface area (Å²) in [5.74, 6) is -0.179. The Morgan fingerprint density at radius 1 is 1.43 bits per heavy atom. The van der Waals surface area contributed by atoms with Gasteiger partial charge in [0.05, 0.1) is 0 Å². The van der Waals surface area contributed by atoms with Crippen molar-refractivity contribution in [3.63, 3.8) is 0 Å². The molecule has 4 heteroatoms. The molecule has 0 aliphatic heterocycles. The largest absolute Gasteiger partial charge is 0.287 e. The van der Waals surface area contributed by atoms with E-state index >= 15 is 0 Å². The van der Waals surface area contributed by atoms with E-state index in [0.29, 0.717) is 10.6 Å². The highest BCUT2D eigenvalue weighted by atomic mass is 35.5. The van der Waals surface area contributed by atoms with Gasteiger partial charge in [0.25, 0.3) is 5.91 Å². The molecule has 2 N–H and O–H groups in total. The fraction of sp³-hybridized carbons (Fsp3) is 0.300. The molecule has 1 aromatic carbocycles. The molecule has 0 atom stereocenters. The Kier molecular flexibility index (Phi) is 3.92. The van der Waals surface area contributed by atoms with Gasteiger partial charge in [-0.2, -0.15) is 0 Å². The number of amides is 1. The first kappa shape index (κ1) is 11.0. The normalized spacial score (nSPS) is 10.3. The molecule has 0 aliphatic rings. The molecule has 1 aromatic rings. The summed E-state index contributed by atoms with van der Waals surface area (Å²) in [7, 11) is 0. The molecule has 1 rings (SSSR count). The summed E-state index contributed by atoms with van der Waals surface area (Å²) in [6, 6.07) is 7.02. The fourth-order valence-electron chi connectivity index (χ4n) is 0.912. The van der Waals surface area contributed by atoms with E-state index in [9.17, 15) is 4.79 Å². The lowest BCUT2D eigenvalue weighted by Gasteiger charge is -2.09. The highest BCUT2D eigenvalue weighted by molar-refractivity contribution is 6.30. The van der Waals surface area contributed by atoms with E-state index in [-0.39, 0.29) is 11.9 Å². The minimum Gasteiger partial charge on any atom is -0.287 e. The Hall–Kier alpha value is -1.06. The van der Waals surface area contributed by atoms with Crippen molar-refractivity contribution < 1.29 is 4.79 Å². The molecule has 0 bridgehead atoms. The Bertz CT molecular complexity index is 326. The summed E-state index contributed by atoms with van der Waals surface area (Å²) in [6.45, 7) is 3.89. The second-order valence-electron chi connectivity index (χ2n) is 3.26. The summed E-state index contributed by atoms with van der Waals surface area (Å²) in [4.78, 5) is 11.5. The van der Waals surface area contributed by atoms with Gasteiger partial charge in [-0.05, 0) is 32.0 Å². The van der Waals surface area contributed by atoms with Crippen LogP contribution in [0.1, 0.15) is 24.2 Å². The van der Waals surface area contributed by atoms with E-state index in [2.05, 4.69) is 10.9 Å². The summed E-state index contributed by atoms with van der Waals surface area (Å²) in [5, 5.41) is 0.558. The second kappa shape index (κ2) is 4.98. The third kappa shape index (κ3) is 3.36. The first-order valence-electron chi connectivity index (χ1n) is 4.41. The lowest BCUT2D eigenvalue weighted by molar-refractivity contribution is 0.0927. The lowest BCUT2D eigenvalue weighted by atomic mass is 10.2. The first-order valence-corrected chi connectivity index (χ1v) is 4.79. The van der Waals surface area contributed by atoms with Crippen LogP contribution in [0.4, 0.5) is 0 Å². The summed E-state index contributed by atoms with van der Waals surface area (Å²) >= 11 is 5.75. The maximum absolute atomic E-state index is 11.5. The van der Waals surface area contributed by atoms with Gasteiger partial charge in [-0.3, -0.25) is 10.2 Å². The standard InChI is InChI=1S/C10H13ClN2O/c1-7(2)12-13-10(14)8-4-3-5-9(11)6-8/h3-7,12H,1-2H3,(H,13,14). The first-order chi connectivity index (χ1) is 6.59. The van der Waals surface area contributed by atoms with Crippen molar-refractivity contribution in [2.75, 3.05) is 0 Å². The molecule has 14 heavy (non-hydrogen) atoms. The van der Waals surface area contributed by atoms with Gasteiger partial charge in [0, 0.05) is 16.6 Å². The van der Waals surface area contributed by atoms with Crippen molar-refractivity contribution >= 4 is 17.5 Å². The van der Waals surface area contributed by atoms with Gasteiger partial charge in [-0.15, -0.1) is 0 Å². The molecule has 76 valence electrons. The minimum absolute atomic E-state index is 0.179. The molecule has 0 spiro atoms. The molecule has 0 saturated heterocycles. The predicted octanol–water partition coefficient (Wildman–Crippen LogP) is 1.98. The molecule has 3 nitrogen and oxygen atoms in total. The average Bonchev–Trinajstić information content (AvgIpc) is 2.14.